The van der Waals surface area contributed by atoms with E-state index in [1.807, 2.05) is 21.1 Å². The minimum Gasteiger partial charge on any atom is -0.477 e. The Labute approximate surface area is 379 Å². The second-order valence-electron chi connectivity index (χ2n) is 17.4. The van der Waals surface area contributed by atoms with Gasteiger partial charge in [-0.2, -0.15) is 0 Å². The molecule has 0 aromatic rings. The van der Waals surface area contributed by atoms with Gasteiger partial charge < -0.3 is 28.5 Å². The number of ether oxygens (including phenoxy) is 4. The summed E-state index contributed by atoms with van der Waals surface area (Å²) in [6.07, 6.45) is 52.4. The van der Waals surface area contributed by atoms with Gasteiger partial charge in [-0.25, -0.2) is 4.79 Å². The molecule has 0 radical (unpaired) electrons. The fraction of sp³-hybridized carbons (Fsp3) is 0.717. The van der Waals surface area contributed by atoms with Gasteiger partial charge >= 0.3 is 17.9 Å². The van der Waals surface area contributed by atoms with Gasteiger partial charge in [0.15, 0.2) is 6.10 Å². The van der Waals surface area contributed by atoms with E-state index in [2.05, 4.69) is 86.8 Å². The molecule has 0 aromatic heterocycles. The molecule has 0 bridgehead atoms. The number of hydrogen-bond acceptors (Lipinski definition) is 7. The molecule has 2 atom stereocenters. The van der Waals surface area contributed by atoms with Crippen LogP contribution < -0.4 is 0 Å². The van der Waals surface area contributed by atoms with Crippen molar-refractivity contribution >= 4 is 17.9 Å². The molecule has 356 valence electrons. The van der Waals surface area contributed by atoms with Crippen LogP contribution in [0, 0.1) is 0 Å². The molecule has 0 aromatic carbocycles. The molecule has 0 rings (SSSR count). The minimum atomic E-state index is -1.52. The van der Waals surface area contributed by atoms with Crippen LogP contribution in [0.2, 0.25) is 0 Å². The molecule has 0 saturated heterocycles. The first kappa shape index (κ1) is 58.7. The molecule has 0 spiro atoms. The number of carboxylic acid groups (broad SMARTS) is 1. The van der Waals surface area contributed by atoms with E-state index in [1.54, 1.807) is 0 Å². The Morgan fingerprint density at radius 3 is 1.37 bits per heavy atom. The zero-order chi connectivity index (χ0) is 45.6. The summed E-state index contributed by atoms with van der Waals surface area (Å²) in [4.78, 5) is 37.2. The fourth-order valence-electron chi connectivity index (χ4n) is 6.37. The summed E-state index contributed by atoms with van der Waals surface area (Å²) in [7, 11) is 5.95. The van der Waals surface area contributed by atoms with Crippen molar-refractivity contribution < 1.29 is 42.9 Å². The molecule has 2 unspecified atom stereocenters. The van der Waals surface area contributed by atoms with Gasteiger partial charge in [-0.15, -0.1) is 0 Å². The lowest BCUT2D eigenvalue weighted by Gasteiger charge is -2.25. The fourth-order valence-corrected chi connectivity index (χ4v) is 6.37. The number of likely N-dealkylation sites (N-methyl/N-ethyl adjacent to an activating group) is 1. The second-order valence-corrected chi connectivity index (χ2v) is 17.4. The van der Waals surface area contributed by atoms with Crippen LogP contribution in [0.15, 0.2) is 72.9 Å². The van der Waals surface area contributed by atoms with E-state index in [1.165, 1.54) is 51.4 Å². The highest BCUT2D eigenvalue weighted by Crippen LogP contribution is 2.14. The van der Waals surface area contributed by atoms with Gasteiger partial charge in [-0.05, 0) is 77.0 Å². The van der Waals surface area contributed by atoms with E-state index in [0.717, 1.165) is 103 Å². The normalized spacial score (nSPS) is 13.5. The molecule has 1 N–H and O–H groups in total. The first-order valence-electron chi connectivity index (χ1n) is 24.6. The maximum Gasteiger partial charge on any atom is 0.361 e. The lowest BCUT2D eigenvalue weighted by molar-refractivity contribution is -0.870. The number of quaternary nitrogens is 1. The Morgan fingerprint density at radius 1 is 0.500 bits per heavy atom. The van der Waals surface area contributed by atoms with Crippen molar-refractivity contribution in [2.24, 2.45) is 0 Å². The number of hydrogen-bond donors (Lipinski definition) is 1. The molecule has 0 aliphatic rings. The SMILES string of the molecule is CC/C=C\C/C=C\C/C=C\C/C=C\CCCCCCCCCCCCC(=O)OC(COC(=O)CCCCCCC/C=C\C/C=C\CCCC)COC(OCC[N+](C)(C)C)C(=O)O. The largest absolute Gasteiger partial charge is 0.477 e. The average Bonchev–Trinajstić information content (AvgIpc) is 3.23. The van der Waals surface area contributed by atoms with Crippen LogP contribution in [0.25, 0.3) is 0 Å². The second kappa shape index (κ2) is 44.3. The molecular formula is C53H92NO8+. The molecular weight excluding hydrogens is 779 g/mol. The van der Waals surface area contributed by atoms with E-state index >= 15 is 0 Å². The third kappa shape index (κ3) is 44.8. The van der Waals surface area contributed by atoms with Crippen LogP contribution in [0.1, 0.15) is 187 Å². The third-order valence-corrected chi connectivity index (χ3v) is 10.2. The molecule has 9 heteroatoms. The lowest BCUT2D eigenvalue weighted by atomic mass is 10.0. The average molecular weight is 871 g/mol. The van der Waals surface area contributed by atoms with Crippen LogP contribution in [0.3, 0.4) is 0 Å². The van der Waals surface area contributed by atoms with Crippen molar-refractivity contribution in [1.29, 1.82) is 0 Å². The number of carbonyl (C=O) groups is 3. The molecule has 9 nitrogen and oxygen atoms in total. The van der Waals surface area contributed by atoms with Crippen LogP contribution in [0.5, 0.6) is 0 Å². The maximum atomic E-state index is 12.8. The van der Waals surface area contributed by atoms with Gasteiger partial charge in [-0.3, -0.25) is 9.59 Å². The first-order valence-corrected chi connectivity index (χ1v) is 24.6. The Balaban J connectivity index is 4.37. The summed E-state index contributed by atoms with van der Waals surface area (Å²) in [5.41, 5.74) is 0. The Morgan fingerprint density at radius 2 is 0.919 bits per heavy atom. The van der Waals surface area contributed by atoms with Gasteiger partial charge in [0.25, 0.3) is 6.29 Å². The van der Waals surface area contributed by atoms with E-state index in [0.29, 0.717) is 17.4 Å². The number of unbranched alkanes of at least 4 members (excludes halogenated alkanes) is 17. The van der Waals surface area contributed by atoms with Crippen molar-refractivity contribution in [2.75, 3.05) is 47.5 Å². The molecule has 0 aliphatic carbocycles. The Bertz CT molecular complexity index is 1240. The van der Waals surface area contributed by atoms with Crippen molar-refractivity contribution in [2.45, 2.75) is 200 Å². The predicted molar refractivity (Wildman–Crippen MR) is 258 cm³/mol. The van der Waals surface area contributed by atoms with E-state index < -0.39 is 24.3 Å². The molecule has 0 saturated carbocycles. The predicted octanol–water partition coefficient (Wildman–Crippen LogP) is 13.5. The number of allylic oxidation sites excluding steroid dienone is 12. The minimum absolute atomic E-state index is 0.181. The lowest BCUT2D eigenvalue weighted by Crippen LogP contribution is -2.40. The van der Waals surface area contributed by atoms with Gasteiger partial charge in [0.1, 0.15) is 13.2 Å². The number of esters is 2. The quantitative estimate of drug-likeness (QED) is 0.0212. The van der Waals surface area contributed by atoms with Crippen molar-refractivity contribution in [3.05, 3.63) is 72.9 Å². The zero-order valence-corrected chi connectivity index (χ0v) is 40.3. The Hall–Kier alpha value is -3.27. The van der Waals surface area contributed by atoms with Gasteiger partial charge in [0.05, 0.1) is 34.4 Å². The van der Waals surface area contributed by atoms with Crippen LogP contribution in [-0.2, 0) is 33.3 Å². The number of aliphatic carboxylic acids is 1. The number of nitrogens with zero attached hydrogens (tertiary/aromatic N) is 1. The van der Waals surface area contributed by atoms with Crippen molar-refractivity contribution in [3.8, 4) is 0 Å². The monoisotopic (exact) mass is 871 g/mol. The molecule has 0 heterocycles. The van der Waals surface area contributed by atoms with Crippen molar-refractivity contribution in [1.82, 2.24) is 0 Å². The summed E-state index contributed by atoms with van der Waals surface area (Å²) in [6, 6.07) is 0. The van der Waals surface area contributed by atoms with Gasteiger partial charge in [-0.1, -0.05) is 170 Å². The Kier molecular flexibility index (Phi) is 42.0. The summed E-state index contributed by atoms with van der Waals surface area (Å²) in [5.74, 6) is -2.04. The number of rotatable bonds is 44. The van der Waals surface area contributed by atoms with Crippen LogP contribution in [-0.4, -0.2) is 87.4 Å². The van der Waals surface area contributed by atoms with Crippen LogP contribution >= 0.6 is 0 Å². The maximum absolute atomic E-state index is 12.8. The highest BCUT2D eigenvalue weighted by molar-refractivity contribution is 5.71. The standard InChI is InChI=1S/C53H91NO8/c1-6-8-10-12-14-16-18-20-22-23-24-25-26-27-28-29-30-32-34-36-38-40-42-44-51(56)62-49(48-61-53(52(57)58)59-46-45-54(3,4)5)47-60-50(55)43-41-39-37-35-33-31-21-19-17-15-13-11-9-7-2/h8,10,13-16,19-22,24-25,49,53H,6-7,9,11-12,17-18,23,26-48H2,1-5H3/p+1/b10-8-,15-13-,16-14-,21-19-,22-20-,25-24-. The first-order chi connectivity index (χ1) is 30.1. The summed E-state index contributed by atoms with van der Waals surface area (Å²) in [5, 5.41) is 9.66. The summed E-state index contributed by atoms with van der Waals surface area (Å²) >= 11 is 0. The van der Waals surface area contributed by atoms with E-state index in [4.69, 9.17) is 18.9 Å². The highest BCUT2D eigenvalue weighted by Gasteiger charge is 2.25. The molecule has 0 amide bonds. The smallest absolute Gasteiger partial charge is 0.361 e. The highest BCUT2D eigenvalue weighted by atomic mass is 16.7. The van der Waals surface area contributed by atoms with Crippen LogP contribution in [0.4, 0.5) is 0 Å². The topological polar surface area (TPSA) is 108 Å². The molecule has 0 fully saturated rings. The number of carboxylic acids is 1. The molecule has 0 aliphatic heterocycles. The van der Waals surface area contributed by atoms with E-state index in [-0.39, 0.29) is 38.6 Å². The number of carbonyl (C=O) groups excluding carboxylic acids is 2. The third-order valence-electron chi connectivity index (χ3n) is 10.2. The van der Waals surface area contributed by atoms with Crippen molar-refractivity contribution in [3.63, 3.8) is 0 Å². The van der Waals surface area contributed by atoms with E-state index in [9.17, 15) is 19.5 Å². The molecule has 62 heavy (non-hydrogen) atoms. The zero-order valence-electron chi connectivity index (χ0n) is 40.3. The summed E-state index contributed by atoms with van der Waals surface area (Å²) < 4.78 is 22.8. The van der Waals surface area contributed by atoms with Gasteiger partial charge in [0, 0.05) is 12.8 Å². The summed E-state index contributed by atoms with van der Waals surface area (Å²) in [6.45, 7) is 4.69. The van der Waals surface area contributed by atoms with Gasteiger partial charge in [0.2, 0.25) is 0 Å².